The van der Waals surface area contributed by atoms with Crippen LogP contribution in [0.2, 0.25) is 0 Å². The van der Waals surface area contributed by atoms with Gasteiger partial charge in [-0.15, -0.1) is 0 Å². The standard InChI is InChI=1S/C18H18FN3O3/c19-15-3-1-14(2-4-15)13-18(23)21-11-9-20(10-12-21)16-5-7-17(8-6-16)22(24)25/h1-8H,9-13H2. The first kappa shape index (κ1) is 16.9. The van der Waals surface area contributed by atoms with E-state index >= 15 is 0 Å². The second-order valence-electron chi connectivity index (χ2n) is 5.94. The summed E-state index contributed by atoms with van der Waals surface area (Å²) in [6.07, 6.45) is 0.262. The highest BCUT2D eigenvalue weighted by Crippen LogP contribution is 2.21. The van der Waals surface area contributed by atoms with Gasteiger partial charge in [-0.2, -0.15) is 0 Å². The maximum absolute atomic E-state index is 12.9. The number of nitro groups is 1. The van der Waals surface area contributed by atoms with Gasteiger partial charge in [-0.3, -0.25) is 14.9 Å². The lowest BCUT2D eigenvalue weighted by Crippen LogP contribution is -2.49. The Kier molecular flexibility index (Phi) is 4.92. The smallest absolute Gasteiger partial charge is 0.269 e. The van der Waals surface area contributed by atoms with Crippen LogP contribution in [-0.2, 0) is 11.2 Å². The summed E-state index contributed by atoms with van der Waals surface area (Å²) in [6, 6.07) is 12.4. The van der Waals surface area contributed by atoms with Crippen molar-refractivity contribution in [2.24, 2.45) is 0 Å². The van der Waals surface area contributed by atoms with Gasteiger partial charge in [0.2, 0.25) is 5.91 Å². The molecule has 0 radical (unpaired) electrons. The van der Waals surface area contributed by atoms with E-state index in [1.165, 1.54) is 24.3 Å². The fraction of sp³-hybridized carbons (Fsp3) is 0.278. The van der Waals surface area contributed by atoms with E-state index in [9.17, 15) is 19.3 Å². The highest BCUT2D eigenvalue weighted by Gasteiger charge is 2.21. The minimum Gasteiger partial charge on any atom is -0.368 e. The van der Waals surface area contributed by atoms with Gasteiger partial charge in [0.25, 0.3) is 5.69 Å². The van der Waals surface area contributed by atoms with Crippen LogP contribution in [0.15, 0.2) is 48.5 Å². The summed E-state index contributed by atoms with van der Waals surface area (Å²) in [7, 11) is 0. The average Bonchev–Trinajstić information content (AvgIpc) is 2.64. The van der Waals surface area contributed by atoms with Crippen LogP contribution in [0.5, 0.6) is 0 Å². The molecule has 3 rings (SSSR count). The Balaban J connectivity index is 1.55. The molecule has 2 aromatic rings. The number of piperazine rings is 1. The lowest BCUT2D eigenvalue weighted by molar-refractivity contribution is -0.384. The quantitative estimate of drug-likeness (QED) is 0.632. The van der Waals surface area contributed by atoms with Crippen LogP contribution in [0.3, 0.4) is 0 Å². The molecule has 0 saturated carbocycles. The van der Waals surface area contributed by atoms with Gasteiger partial charge in [-0.1, -0.05) is 12.1 Å². The largest absolute Gasteiger partial charge is 0.368 e. The van der Waals surface area contributed by atoms with Gasteiger partial charge in [0.05, 0.1) is 11.3 Å². The van der Waals surface area contributed by atoms with Crippen LogP contribution in [0.25, 0.3) is 0 Å². The molecule has 2 aromatic carbocycles. The van der Waals surface area contributed by atoms with Crippen molar-refractivity contribution in [2.45, 2.75) is 6.42 Å². The van der Waals surface area contributed by atoms with E-state index in [-0.39, 0.29) is 23.8 Å². The summed E-state index contributed by atoms with van der Waals surface area (Å²) in [5.41, 5.74) is 1.78. The van der Waals surface area contributed by atoms with Gasteiger partial charge in [-0.25, -0.2) is 4.39 Å². The number of hydrogen-bond donors (Lipinski definition) is 0. The molecule has 0 aliphatic carbocycles. The zero-order valence-corrected chi connectivity index (χ0v) is 13.6. The third-order valence-electron chi connectivity index (χ3n) is 4.33. The number of carbonyl (C=O) groups is 1. The number of halogens is 1. The average molecular weight is 343 g/mol. The number of nitrogens with zero attached hydrogens (tertiary/aromatic N) is 3. The topological polar surface area (TPSA) is 66.7 Å². The molecular formula is C18H18FN3O3. The van der Waals surface area contributed by atoms with Gasteiger partial charge >= 0.3 is 0 Å². The predicted octanol–water partition coefficient (Wildman–Crippen LogP) is 2.63. The van der Waals surface area contributed by atoms with Gasteiger partial charge < -0.3 is 9.80 Å². The Morgan fingerprint density at radius 1 is 1.00 bits per heavy atom. The first-order valence-corrected chi connectivity index (χ1v) is 8.04. The van der Waals surface area contributed by atoms with E-state index in [4.69, 9.17) is 0 Å². The van der Waals surface area contributed by atoms with E-state index in [1.54, 1.807) is 29.2 Å². The van der Waals surface area contributed by atoms with Gasteiger partial charge in [-0.05, 0) is 29.8 Å². The van der Waals surface area contributed by atoms with E-state index in [1.807, 2.05) is 0 Å². The molecule has 6 nitrogen and oxygen atoms in total. The summed E-state index contributed by atoms with van der Waals surface area (Å²) in [6.45, 7) is 2.54. The summed E-state index contributed by atoms with van der Waals surface area (Å²) in [5.74, 6) is -0.289. The van der Waals surface area contributed by atoms with E-state index in [0.29, 0.717) is 26.2 Å². The maximum Gasteiger partial charge on any atom is 0.269 e. The van der Waals surface area contributed by atoms with Crippen LogP contribution in [0, 0.1) is 15.9 Å². The number of rotatable bonds is 4. The molecule has 1 amide bonds. The summed E-state index contributed by atoms with van der Waals surface area (Å²) in [5, 5.41) is 10.7. The monoisotopic (exact) mass is 343 g/mol. The minimum atomic E-state index is -0.421. The number of carbonyl (C=O) groups excluding carboxylic acids is 1. The third kappa shape index (κ3) is 4.12. The van der Waals surface area contributed by atoms with Crippen molar-refractivity contribution in [3.63, 3.8) is 0 Å². The number of nitro benzene ring substituents is 1. The van der Waals surface area contributed by atoms with Crippen LogP contribution in [0.4, 0.5) is 15.8 Å². The first-order chi connectivity index (χ1) is 12.0. The Bertz CT molecular complexity index is 754. The number of benzene rings is 2. The summed E-state index contributed by atoms with van der Waals surface area (Å²) < 4.78 is 12.9. The second kappa shape index (κ2) is 7.29. The molecule has 1 fully saturated rings. The Labute approximate surface area is 144 Å². The van der Waals surface area contributed by atoms with Gasteiger partial charge in [0, 0.05) is 44.0 Å². The predicted molar refractivity (Wildman–Crippen MR) is 92.0 cm³/mol. The Hall–Kier alpha value is -2.96. The first-order valence-electron chi connectivity index (χ1n) is 8.04. The summed E-state index contributed by atoms with van der Waals surface area (Å²) >= 11 is 0. The molecule has 0 spiro atoms. The molecule has 25 heavy (non-hydrogen) atoms. The van der Waals surface area contributed by atoms with Crippen molar-refractivity contribution in [3.8, 4) is 0 Å². The molecule has 0 bridgehead atoms. The Morgan fingerprint density at radius 2 is 1.60 bits per heavy atom. The summed E-state index contributed by atoms with van der Waals surface area (Å²) in [4.78, 5) is 26.5. The molecule has 1 heterocycles. The van der Waals surface area contributed by atoms with E-state index < -0.39 is 4.92 Å². The second-order valence-corrected chi connectivity index (χ2v) is 5.94. The number of amides is 1. The molecule has 0 aromatic heterocycles. The van der Waals surface area contributed by atoms with E-state index in [0.717, 1.165) is 11.3 Å². The van der Waals surface area contributed by atoms with Crippen LogP contribution >= 0.6 is 0 Å². The van der Waals surface area contributed by atoms with E-state index in [2.05, 4.69) is 4.90 Å². The lowest BCUT2D eigenvalue weighted by atomic mass is 10.1. The van der Waals surface area contributed by atoms with Crippen LogP contribution in [-0.4, -0.2) is 41.9 Å². The minimum absolute atomic E-state index is 0.0231. The Morgan fingerprint density at radius 3 is 2.16 bits per heavy atom. The molecule has 130 valence electrons. The SMILES string of the molecule is O=C(Cc1ccc(F)cc1)N1CCN(c2ccc([N+](=O)[O-])cc2)CC1. The molecule has 0 N–H and O–H groups in total. The molecule has 1 aliphatic heterocycles. The molecule has 7 heteroatoms. The van der Waals surface area contributed by atoms with Crippen LogP contribution in [0.1, 0.15) is 5.56 Å². The molecule has 0 unspecified atom stereocenters. The number of non-ortho nitro benzene ring substituents is 1. The fourth-order valence-electron chi connectivity index (χ4n) is 2.89. The lowest BCUT2D eigenvalue weighted by Gasteiger charge is -2.36. The van der Waals surface area contributed by atoms with Gasteiger partial charge in [0.1, 0.15) is 5.82 Å². The van der Waals surface area contributed by atoms with Crippen LogP contribution < -0.4 is 4.90 Å². The zero-order valence-electron chi connectivity index (χ0n) is 13.6. The number of hydrogen-bond acceptors (Lipinski definition) is 4. The van der Waals surface area contributed by atoms with Crippen molar-refractivity contribution < 1.29 is 14.1 Å². The molecule has 1 aliphatic rings. The van der Waals surface area contributed by atoms with Crippen molar-refractivity contribution >= 4 is 17.3 Å². The van der Waals surface area contributed by atoms with Crippen molar-refractivity contribution in [1.29, 1.82) is 0 Å². The van der Waals surface area contributed by atoms with Crippen molar-refractivity contribution in [2.75, 3.05) is 31.1 Å². The highest BCUT2D eigenvalue weighted by atomic mass is 19.1. The fourth-order valence-corrected chi connectivity index (χ4v) is 2.89. The third-order valence-corrected chi connectivity index (χ3v) is 4.33. The van der Waals surface area contributed by atoms with Crippen molar-refractivity contribution in [3.05, 3.63) is 70.0 Å². The molecular weight excluding hydrogens is 325 g/mol. The van der Waals surface area contributed by atoms with Gasteiger partial charge in [0.15, 0.2) is 0 Å². The van der Waals surface area contributed by atoms with Crippen molar-refractivity contribution in [1.82, 2.24) is 4.90 Å². The maximum atomic E-state index is 12.9. The molecule has 0 atom stereocenters. The number of anilines is 1. The molecule has 1 saturated heterocycles. The normalized spacial score (nSPS) is 14.4. The zero-order chi connectivity index (χ0) is 17.8. The highest BCUT2D eigenvalue weighted by molar-refractivity contribution is 5.79.